The molecule has 0 fully saturated rings. The van der Waals surface area contributed by atoms with E-state index < -0.39 is 0 Å². The van der Waals surface area contributed by atoms with Crippen molar-refractivity contribution in [1.82, 2.24) is 15.3 Å². The Kier molecular flexibility index (Phi) is 7.12. The van der Waals surface area contributed by atoms with Crippen LogP contribution in [0.3, 0.4) is 0 Å². The molecule has 1 rings (SSSR count). The second-order valence-corrected chi connectivity index (χ2v) is 4.44. The SMILES string of the molecule is CCCNC(COC)CSc1ncccn1. The summed E-state index contributed by atoms with van der Waals surface area (Å²) in [5, 5.41) is 4.26. The molecule has 0 radical (unpaired) electrons. The van der Waals surface area contributed by atoms with Crippen LogP contribution in [0.4, 0.5) is 0 Å². The lowest BCUT2D eigenvalue weighted by Crippen LogP contribution is -2.35. The van der Waals surface area contributed by atoms with E-state index in [2.05, 4.69) is 22.2 Å². The molecule has 1 unspecified atom stereocenters. The molecule has 0 amide bonds. The first kappa shape index (κ1) is 13.4. The third-order valence-corrected chi connectivity index (χ3v) is 3.04. The summed E-state index contributed by atoms with van der Waals surface area (Å²) in [6, 6.07) is 2.19. The molecule has 0 aliphatic rings. The minimum Gasteiger partial charge on any atom is -0.383 e. The number of thioether (sulfide) groups is 1. The summed E-state index contributed by atoms with van der Waals surface area (Å²) in [5.41, 5.74) is 0. The molecule has 90 valence electrons. The molecule has 0 aliphatic carbocycles. The number of ether oxygens (including phenoxy) is 1. The van der Waals surface area contributed by atoms with Crippen LogP contribution < -0.4 is 5.32 Å². The van der Waals surface area contributed by atoms with Crippen LogP contribution in [0.2, 0.25) is 0 Å². The Morgan fingerprint density at radius 3 is 2.81 bits per heavy atom. The largest absolute Gasteiger partial charge is 0.383 e. The summed E-state index contributed by atoms with van der Waals surface area (Å²) in [6.07, 6.45) is 4.66. The van der Waals surface area contributed by atoms with Crippen LogP contribution in [0.15, 0.2) is 23.6 Å². The standard InChI is InChI=1S/C11H19N3OS/c1-3-5-12-10(8-15-2)9-16-11-13-6-4-7-14-11/h4,6-7,10,12H,3,5,8-9H2,1-2H3. The quantitative estimate of drug-likeness (QED) is 0.553. The molecule has 0 saturated heterocycles. The Hall–Kier alpha value is -0.650. The van der Waals surface area contributed by atoms with Crippen LogP contribution in [0, 0.1) is 0 Å². The van der Waals surface area contributed by atoms with E-state index >= 15 is 0 Å². The van der Waals surface area contributed by atoms with Gasteiger partial charge in [0.15, 0.2) is 5.16 Å². The van der Waals surface area contributed by atoms with E-state index in [-0.39, 0.29) is 0 Å². The van der Waals surface area contributed by atoms with Gasteiger partial charge in [-0.2, -0.15) is 0 Å². The smallest absolute Gasteiger partial charge is 0.187 e. The number of hydrogen-bond acceptors (Lipinski definition) is 5. The molecule has 4 nitrogen and oxygen atoms in total. The Morgan fingerprint density at radius 2 is 2.19 bits per heavy atom. The normalized spacial score (nSPS) is 12.6. The average molecular weight is 241 g/mol. The molecule has 1 heterocycles. The number of aromatic nitrogens is 2. The third kappa shape index (κ3) is 5.44. The molecule has 16 heavy (non-hydrogen) atoms. The zero-order chi connectivity index (χ0) is 11.6. The maximum Gasteiger partial charge on any atom is 0.187 e. The Labute approximate surface area is 101 Å². The van der Waals surface area contributed by atoms with Gasteiger partial charge in [0.25, 0.3) is 0 Å². The molecular formula is C11H19N3OS. The fraction of sp³-hybridized carbons (Fsp3) is 0.636. The summed E-state index contributed by atoms with van der Waals surface area (Å²) in [7, 11) is 1.73. The maximum absolute atomic E-state index is 5.17. The average Bonchev–Trinajstić information content (AvgIpc) is 2.34. The number of hydrogen-bond donors (Lipinski definition) is 1. The molecule has 1 aromatic rings. The first-order chi connectivity index (χ1) is 7.86. The molecule has 1 aromatic heterocycles. The highest BCUT2D eigenvalue weighted by molar-refractivity contribution is 7.99. The number of nitrogens with zero attached hydrogens (tertiary/aromatic N) is 2. The van der Waals surface area contributed by atoms with Gasteiger partial charge in [0.1, 0.15) is 0 Å². The monoisotopic (exact) mass is 241 g/mol. The van der Waals surface area contributed by atoms with Crippen LogP contribution in [0.25, 0.3) is 0 Å². The van der Waals surface area contributed by atoms with Gasteiger partial charge in [-0.1, -0.05) is 18.7 Å². The lowest BCUT2D eigenvalue weighted by molar-refractivity contribution is 0.174. The van der Waals surface area contributed by atoms with E-state index in [0.29, 0.717) is 6.04 Å². The Balaban J connectivity index is 2.31. The zero-order valence-electron chi connectivity index (χ0n) is 9.85. The third-order valence-electron chi connectivity index (χ3n) is 2.01. The lowest BCUT2D eigenvalue weighted by Gasteiger charge is -2.16. The van der Waals surface area contributed by atoms with Gasteiger partial charge in [0.2, 0.25) is 0 Å². The van der Waals surface area contributed by atoms with Crippen LogP contribution in [0.5, 0.6) is 0 Å². The molecule has 0 aliphatic heterocycles. The van der Waals surface area contributed by atoms with Crippen molar-refractivity contribution in [2.45, 2.75) is 24.5 Å². The summed E-state index contributed by atoms with van der Waals surface area (Å²) >= 11 is 1.65. The Bertz CT molecular complexity index is 271. The van der Waals surface area contributed by atoms with Crippen molar-refractivity contribution < 1.29 is 4.74 Å². The summed E-state index contributed by atoms with van der Waals surface area (Å²) in [5.74, 6) is 0.928. The minimum atomic E-state index is 0.360. The summed E-state index contributed by atoms with van der Waals surface area (Å²) in [4.78, 5) is 8.35. The Morgan fingerprint density at radius 1 is 1.44 bits per heavy atom. The molecule has 0 aromatic carbocycles. The highest BCUT2D eigenvalue weighted by atomic mass is 32.2. The fourth-order valence-corrected chi connectivity index (χ4v) is 2.09. The second-order valence-electron chi connectivity index (χ2n) is 3.45. The molecular weight excluding hydrogens is 222 g/mol. The lowest BCUT2D eigenvalue weighted by atomic mass is 10.3. The zero-order valence-corrected chi connectivity index (χ0v) is 10.7. The van der Waals surface area contributed by atoms with Gasteiger partial charge in [0, 0.05) is 31.3 Å². The van der Waals surface area contributed by atoms with Gasteiger partial charge in [-0.25, -0.2) is 9.97 Å². The van der Waals surface area contributed by atoms with Gasteiger partial charge in [0.05, 0.1) is 6.61 Å². The van der Waals surface area contributed by atoms with Crippen LogP contribution in [-0.2, 0) is 4.74 Å². The van der Waals surface area contributed by atoms with Gasteiger partial charge in [-0.15, -0.1) is 0 Å². The first-order valence-electron chi connectivity index (χ1n) is 5.49. The molecule has 0 spiro atoms. The van der Waals surface area contributed by atoms with E-state index in [1.165, 1.54) is 0 Å². The predicted molar refractivity (Wildman–Crippen MR) is 66.7 cm³/mol. The molecule has 1 N–H and O–H groups in total. The highest BCUT2D eigenvalue weighted by Gasteiger charge is 2.08. The maximum atomic E-state index is 5.17. The molecule has 1 atom stereocenters. The van der Waals surface area contributed by atoms with Gasteiger partial charge >= 0.3 is 0 Å². The summed E-state index contributed by atoms with van der Waals surface area (Å²) < 4.78 is 5.17. The topological polar surface area (TPSA) is 47.0 Å². The van der Waals surface area contributed by atoms with Crippen molar-refractivity contribution in [3.8, 4) is 0 Å². The van der Waals surface area contributed by atoms with Crippen molar-refractivity contribution in [3.63, 3.8) is 0 Å². The number of nitrogens with one attached hydrogen (secondary N) is 1. The van der Waals surface area contributed by atoms with Crippen LogP contribution >= 0.6 is 11.8 Å². The highest BCUT2D eigenvalue weighted by Crippen LogP contribution is 2.12. The second kappa shape index (κ2) is 8.50. The van der Waals surface area contributed by atoms with Crippen LogP contribution in [-0.4, -0.2) is 42.0 Å². The fourth-order valence-electron chi connectivity index (χ4n) is 1.25. The van der Waals surface area contributed by atoms with E-state index in [1.807, 2.05) is 6.07 Å². The first-order valence-corrected chi connectivity index (χ1v) is 6.47. The van der Waals surface area contributed by atoms with Crippen molar-refractivity contribution in [2.24, 2.45) is 0 Å². The van der Waals surface area contributed by atoms with Gasteiger partial charge in [-0.3, -0.25) is 0 Å². The van der Waals surface area contributed by atoms with E-state index in [4.69, 9.17) is 4.74 Å². The van der Waals surface area contributed by atoms with Crippen molar-refractivity contribution in [1.29, 1.82) is 0 Å². The molecule has 0 bridgehead atoms. The van der Waals surface area contributed by atoms with E-state index in [0.717, 1.165) is 30.5 Å². The molecule has 0 saturated carbocycles. The molecule has 5 heteroatoms. The van der Waals surface area contributed by atoms with Crippen LogP contribution in [0.1, 0.15) is 13.3 Å². The minimum absolute atomic E-state index is 0.360. The number of methoxy groups -OCH3 is 1. The van der Waals surface area contributed by atoms with Crippen molar-refractivity contribution >= 4 is 11.8 Å². The van der Waals surface area contributed by atoms with Gasteiger partial charge < -0.3 is 10.1 Å². The number of rotatable bonds is 8. The predicted octanol–water partition coefficient (Wildman–Crippen LogP) is 1.58. The van der Waals surface area contributed by atoms with Crippen molar-refractivity contribution in [2.75, 3.05) is 26.0 Å². The van der Waals surface area contributed by atoms with Gasteiger partial charge in [-0.05, 0) is 19.0 Å². The van der Waals surface area contributed by atoms with E-state index in [1.54, 1.807) is 31.3 Å². The van der Waals surface area contributed by atoms with Crippen molar-refractivity contribution in [3.05, 3.63) is 18.5 Å². The van der Waals surface area contributed by atoms with E-state index in [9.17, 15) is 0 Å². The summed E-state index contributed by atoms with van der Waals surface area (Å²) in [6.45, 7) is 3.90.